The molecule has 1 aliphatic carbocycles. The summed E-state index contributed by atoms with van der Waals surface area (Å²) < 4.78 is 3.49. The normalized spacial score (nSPS) is 16.7. The summed E-state index contributed by atoms with van der Waals surface area (Å²) in [6.45, 7) is 3.25. The van der Waals surface area contributed by atoms with Gasteiger partial charge in [-0.3, -0.25) is 9.71 Å². The monoisotopic (exact) mass is 273 g/mol. The third-order valence-corrected chi connectivity index (χ3v) is 4.29. The molecule has 0 aliphatic heterocycles. The quantitative estimate of drug-likeness (QED) is 0.793. The van der Waals surface area contributed by atoms with E-state index in [9.17, 15) is 0 Å². The molecule has 2 N–H and O–H groups in total. The zero-order valence-corrected chi connectivity index (χ0v) is 11.9. The van der Waals surface area contributed by atoms with E-state index < -0.39 is 0 Å². The topological polar surface area (TPSA) is 37.0 Å². The largest absolute Gasteiger partial charge is 0.312 e. The van der Waals surface area contributed by atoms with Crippen LogP contribution in [0.1, 0.15) is 19.8 Å². The Morgan fingerprint density at radius 2 is 2.21 bits per heavy atom. The van der Waals surface area contributed by atoms with E-state index >= 15 is 0 Å². The van der Waals surface area contributed by atoms with Crippen molar-refractivity contribution in [2.45, 2.75) is 36.7 Å². The van der Waals surface area contributed by atoms with Gasteiger partial charge in [-0.25, -0.2) is 0 Å². The fraction of sp³-hybridized carbons (Fsp3) is 0.400. The number of pyridine rings is 1. The number of fused-ring (bicyclic) bond motifs is 1. The Morgan fingerprint density at radius 3 is 3.05 bits per heavy atom. The molecule has 1 aliphatic rings. The minimum absolute atomic E-state index is 0.471. The minimum atomic E-state index is 0.471. The standard InChI is InChI=1S/C15H19N3S/c1-11(9-17-14-3-4-14)18-19-15-5-2-13-10-16-7-6-12(13)8-15/h2,5-8,10-11,14,17-18H,3-4,9H2,1H3/t11-/m1/s1. The second kappa shape index (κ2) is 5.90. The molecule has 1 saturated carbocycles. The maximum absolute atomic E-state index is 4.13. The molecule has 0 spiro atoms. The molecule has 100 valence electrons. The molecule has 1 aromatic heterocycles. The third kappa shape index (κ3) is 3.69. The van der Waals surface area contributed by atoms with Crippen LogP contribution in [0.5, 0.6) is 0 Å². The number of benzene rings is 1. The van der Waals surface area contributed by atoms with Crippen molar-refractivity contribution in [2.75, 3.05) is 6.54 Å². The Balaban J connectivity index is 1.55. The molecular formula is C15H19N3S. The first-order valence-corrected chi connectivity index (χ1v) is 7.62. The van der Waals surface area contributed by atoms with Gasteiger partial charge in [0.1, 0.15) is 0 Å². The molecule has 1 heterocycles. The zero-order valence-electron chi connectivity index (χ0n) is 11.1. The lowest BCUT2D eigenvalue weighted by molar-refractivity contribution is 0.582. The summed E-state index contributed by atoms with van der Waals surface area (Å²) in [7, 11) is 0. The van der Waals surface area contributed by atoms with Crippen molar-refractivity contribution < 1.29 is 0 Å². The molecule has 0 unspecified atom stereocenters. The molecule has 0 amide bonds. The number of nitrogens with one attached hydrogen (secondary N) is 2. The van der Waals surface area contributed by atoms with Crippen molar-refractivity contribution in [3.63, 3.8) is 0 Å². The van der Waals surface area contributed by atoms with Gasteiger partial charge in [-0.2, -0.15) is 0 Å². The van der Waals surface area contributed by atoms with Crippen molar-refractivity contribution in [3.05, 3.63) is 36.7 Å². The van der Waals surface area contributed by atoms with Crippen molar-refractivity contribution >= 4 is 22.7 Å². The highest BCUT2D eigenvalue weighted by Gasteiger charge is 2.20. The molecule has 2 aromatic rings. The van der Waals surface area contributed by atoms with Crippen LogP contribution >= 0.6 is 11.9 Å². The van der Waals surface area contributed by atoms with Crippen molar-refractivity contribution in [1.29, 1.82) is 0 Å². The number of hydrogen-bond donors (Lipinski definition) is 2. The molecule has 1 atom stereocenters. The summed E-state index contributed by atoms with van der Waals surface area (Å²) in [5.41, 5.74) is 0. The van der Waals surface area contributed by atoms with E-state index in [4.69, 9.17) is 0 Å². The van der Waals surface area contributed by atoms with Gasteiger partial charge in [0, 0.05) is 41.3 Å². The Hall–Kier alpha value is -1.10. The second-order valence-electron chi connectivity index (χ2n) is 5.19. The van der Waals surface area contributed by atoms with Gasteiger partial charge in [-0.15, -0.1) is 0 Å². The first kappa shape index (κ1) is 12.9. The molecule has 0 bridgehead atoms. The minimum Gasteiger partial charge on any atom is -0.312 e. The van der Waals surface area contributed by atoms with E-state index in [1.807, 2.05) is 12.4 Å². The average molecular weight is 273 g/mol. The number of hydrogen-bond acceptors (Lipinski definition) is 4. The summed E-state index contributed by atoms with van der Waals surface area (Å²) in [4.78, 5) is 5.38. The Morgan fingerprint density at radius 1 is 1.32 bits per heavy atom. The van der Waals surface area contributed by atoms with Gasteiger partial charge in [-0.05, 0) is 55.3 Å². The zero-order chi connectivity index (χ0) is 13.1. The van der Waals surface area contributed by atoms with Gasteiger partial charge in [0.15, 0.2) is 0 Å². The lowest BCUT2D eigenvalue weighted by Crippen LogP contribution is -2.33. The van der Waals surface area contributed by atoms with Crippen molar-refractivity contribution in [2.24, 2.45) is 0 Å². The predicted molar refractivity (Wildman–Crippen MR) is 81.2 cm³/mol. The molecular weight excluding hydrogens is 254 g/mol. The van der Waals surface area contributed by atoms with Gasteiger partial charge < -0.3 is 5.32 Å². The maximum atomic E-state index is 4.13. The van der Waals surface area contributed by atoms with Crippen LogP contribution < -0.4 is 10.0 Å². The van der Waals surface area contributed by atoms with Crippen LogP contribution in [0.25, 0.3) is 10.8 Å². The van der Waals surface area contributed by atoms with E-state index in [1.165, 1.54) is 28.5 Å². The molecule has 1 fully saturated rings. The second-order valence-corrected chi connectivity index (χ2v) is 6.10. The van der Waals surface area contributed by atoms with E-state index in [1.54, 1.807) is 11.9 Å². The third-order valence-electron chi connectivity index (χ3n) is 3.28. The van der Waals surface area contributed by atoms with E-state index in [0.717, 1.165) is 12.6 Å². The smallest absolute Gasteiger partial charge is 0.0346 e. The summed E-state index contributed by atoms with van der Waals surface area (Å²) in [5.74, 6) is 0. The number of aromatic nitrogens is 1. The van der Waals surface area contributed by atoms with Gasteiger partial charge >= 0.3 is 0 Å². The molecule has 0 saturated heterocycles. The van der Waals surface area contributed by atoms with Gasteiger partial charge in [0.2, 0.25) is 0 Å². The summed E-state index contributed by atoms with van der Waals surface area (Å²) in [6.07, 6.45) is 6.43. The SMILES string of the molecule is C[C@H](CNC1CC1)NSc1ccc2cnccc2c1. The highest BCUT2D eigenvalue weighted by Crippen LogP contribution is 2.22. The summed E-state index contributed by atoms with van der Waals surface area (Å²) >= 11 is 1.71. The highest BCUT2D eigenvalue weighted by molar-refractivity contribution is 7.97. The lowest BCUT2D eigenvalue weighted by atomic mass is 10.2. The molecule has 3 rings (SSSR count). The highest BCUT2D eigenvalue weighted by atomic mass is 32.2. The van der Waals surface area contributed by atoms with Crippen LogP contribution in [-0.4, -0.2) is 23.6 Å². The molecule has 4 heteroatoms. The van der Waals surface area contributed by atoms with Gasteiger partial charge in [0.05, 0.1) is 0 Å². The summed E-state index contributed by atoms with van der Waals surface area (Å²) in [6, 6.07) is 9.77. The first-order chi connectivity index (χ1) is 9.31. The number of rotatable bonds is 6. The number of nitrogens with zero attached hydrogens (tertiary/aromatic N) is 1. The van der Waals surface area contributed by atoms with Gasteiger partial charge in [0.25, 0.3) is 0 Å². The van der Waals surface area contributed by atoms with E-state index in [2.05, 4.69) is 46.2 Å². The molecule has 0 radical (unpaired) electrons. The lowest BCUT2D eigenvalue weighted by Gasteiger charge is -2.13. The van der Waals surface area contributed by atoms with Crippen molar-refractivity contribution in [1.82, 2.24) is 15.0 Å². The van der Waals surface area contributed by atoms with Crippen LogP contribution in [0.2, 0.25) is 0 Å². The van der Waals surface area contributed by atoms with Gasteiger partial charge in [-0.1, -0.05) is 6.07 Å². The molecule has 19 heavy (non-hydrogen) atoms. The first-order valence-electron chi connectivity index (χ1n) is 6.81. The molecule has 3 nitrogen and oxygen atoms in total. The van der Waals surface area contributed by atoms with Crippen LogP contribution in [0.15, 0.2) is 41.6 Å². The van der Waals surface area contributed by atoms with Crippen LogP contribution in [0.4, 0.5) is 0 Å². The average Bonchev–Trinajstić information content (AvgIpc) is 3.27. The predicted octanol–water partition coefficient (Wildman–Crippen LogP) is 2.97. The van der Waals surface area contributed by atoms with E-state index in [-0.39, 0.29) is 0 Å². The van der Waals surface area contributed by atoms with Crippen LogP contribution in [0.3, 0.4) is 0 Å². The van der Waals surface area contributed by atoms with Crippen LogP contribution in [-0.2, 0) is 0 Å². The Labute approximate surface area is 118 Å². The van der Waals surface area contributed by atoms with E-state index in [0.29, 0.717) is 6.04 Å². The summed E-state index contributed by atoms with van der Waals surface area (Å²) in [5, 5.41) is 5.97. The Kier molecular flexibility index (Phi) is 4.01. The fourth-order valence-electron chi connectivity index (χ4n) is 1.97. The Bertz CT molecular complexity index is 554. The fourth-order valence-corrected chi connectivity index (χ4v) is 2.71. The van der Waals surface area contributed by atoms with Crippen molar-refractivity contribution in [3.8, 4) is 0 Å². The van der Waals surface area contributed by atoms with Crippen LogP contribution in [0, 0.1) is 0 Å². The molecule has 1 aromatic carbocycles. The maximum Gasteiger partial charge on any atom is 0.0346 e.